The van der Waals surface area contributed by atoms with Gasteiger partial charge in [0, 0.05) is 12.1 Å². The summed E-state index contributed by atoms with van der Waals surface area (Å²) >= 11 is 0. The van der Waals surface area contributed by atoms with Gasteiger partial charge in [-0.05, 0) is 81.0 Å². The smallest absolute Gasteiger partial charge is 0.257 e. The van der Waals surface area contributed by atoms with Crippen molar-refractivity contribution in [3.63, 3.8) is 0 Å². The minimum absolute atomic E-state index is 0.00344. The third-order valence-electron chi connectivity index (χ3n) is 7.78. The number of nitrogens with zero attached hydrogens (tertiary/aromatic N) is 2. The first kappa shape index (κ1) is 26.1. The molecule has 5 rings (SSSR count). The quantitative estimate of drug-likeness (QED) is 0.502. The highest BCUT2D eigenvalue weighted by Crippen LogP contribution is 2.52. The summed E-state index contributed by atoms with van der Waals surface area (Å²) in [6.07, 6.45) is 4.61. The number of phenolic OH excluding ortho intramolecular Hbond substituents is 1. The van der Waals surface area contributed by atoms with E-state index >= 15 is 4.39 Å². The molecule has 2 aliphatic carbocycles. The monoisotopic (exact) mass is 518 g/mol. The van der Waals surface area contributed by atoms with Crippen molar-refractivity contribution in [2.24, 2.45) is 5.41 Å². The molecule has 2 atom stereocenters. The van der Waals surface area contributed by atoms with E-state index in [4.69, 9.17) is 4.74 Å². The molecule has 38 heavy (non-hydrogen) atoms. The third kappa shape index (κ3) is 4.31. The van der Waals surface area contributed by atoms with Gasteiger partial charge in [0.15, 0.2) is 5.72 Å². The summed E-state index contributed by atoms with van der Waals surface area (Å²) < 4.78 is 22.7. The normalized spacial score (nSPS) is 24.0. The number of aliphatic hydroxyl groups excluding tert-OH is 1. The molecule has 1 heterocycles. The zero-order valence-corrected chi connectivity index (χ0v) is 21.7. The lowest BCUT2D eigenvalue weighted by atomic mass is 9.88. The fraction of sp³-hybridized carbons (Fsp3) is 0.400. The Bertz CT molecular complexity index is 1400. The van der Waals surface area contributed by atoms with E-state index in [-0.39, 0.29) is 35.6 Å². The van der Waals surface area contributed by atoms with Gasteiger partial charge in [-0.1, -0.05) is 24.3 Å². The molecule has 1 saturated carbocycles. The molecule has 0 aromatic heterocycles. The minimum atomic E-state index is -1.73. The number of carbonyl (C=O) groups excluding carboxylic acids is 1. The van der Waals surface area contributed by atoms with Crippen LogP contribution in [-0.2, 0) is 16.1 Å². The van der Waals surface area contributed by atoms with Crippen LogP contribution >= 0.6 is 0 Å². The molecule has 8 heteroatoms. The maximum Gasteiger partial charge on any atom is 0.257 e. The van der Waals surface area contributed by atoms with Gasteiger partial charge in [0.25, 0.3) is 5.91 Å². The second-order valence-electron chi connectivity index (χ2n) is 11.1. The first-order valence-corrected chi connectivity index (χ1v) is 12.7. The number of amides is 1. The van der Waals surface area contributed by atoms with E-state index in [9.17, 15) is 25.4 Å². The molecule has 1 amide bonds. The average Bonchev–Trinajstić information content (AvgIpc) is 3.60. The lowest BCUT2D eigenvalue weighted by molar-refractivity contribution is -0.115. The molecule has 3 N–H and O–H groups in total. The van der Waals surface area contributed by atoms with Crippen LogP contribution in [0.2, 0.25) is 0 Å². The second kappa shape index (κ2) is 9.05. The molecule has 2 aromatic rings. The molecule has 1 aliphatic heterocycles. The lowest BCUT2D eigenvalue weighted by Gasteiger charge is -2.41. The summed E-state index contributed by atoms with van der Waals surface area (Å²) in [6.45, 7) is 4.91. The van der Waals surface area contributed by atoms with E-state index in [1.54, 1.807) is 18.2 Å². The summed E-state index contributed by atoms with van der Waals surface area (Å²) in [7, 11) is 0. The Morgan fingerprint density at radius 2 is 1.92 bits per heavy atom. The summed E-state index contributed by atoms with van der Waals surface area (Å²) in [5.41, 5.74) is -1.53. The van der Waals surface area contributed by atoms with Gasteiger partial charge < -0.3 is 20.1 Å². The molecule has 0 radical (unpaired) electrons. The van der Waals surface area contributed by atoms with Crippen molar-refractivity contribution in [2.75, 3.05) is 13.2 Å². The highest BCUT2D eigenvalue weighted by molar-refractivity contribution is 6.01. The minimum Gasteiger partial charge on any atom is -0.508 e. The predicted octanol–water partition coefficient (Wildman–Crippen LogP) is 4.37. The molecule has 0 bridgehead atoms. The molecular weight excluding hydrogens is 487 g/mol. The van der Waals surface area contributed by atoms with Crippen molar-refractivity contribution in [1.29, 1.82) is 5.26 Å². The number of halogens is 1. The van der Waals surface area contributed by atoms with Gasteiger partial charge in [-0.2, -0.15) is 5.26 Å². The van der Waals surface area contributed by atoms with Gasteiger partial charge in [-0.3, -0.25) is 9.69 Å². The van der Waals surface area contributed by atoms with Crippen LogP contribution in [0.25, 0.3) is 0 Å². The molecule has 7 nitrogen and oxygen atoms in total. The van der Waals surface area contributed by atoms with Crippen molar-refractivity contribution >= 4 is 5.91 Å². The number of hydrogen-bond acceptors (Lipinski definition) is 6. The highest BCUT2D eigenvalue weighted by Gasteiger charge is 2.57. The van der Waals surface area contributed by atoms with Crippen LogP contribution in [0.15, 0.2) is 59.7 Å². The zero-order valence-electron chi connectivity index (χ0n) is 21.7. The van der Waals surface area contributed by atoms with Gasteiger partial charge in [-0.15, -0.1) is 0 Å². The Labute approximate surface area is 221 Å². The van der Waals surface area contributed by atoms with Crippen molar-refractivity contribution < 1.29 is 29.2 Å². The second-order valence-corrected chi connectivity index (χ2v) is 11.1. The molecule has 2 aromatic carbocycles. The molecule has 0 spiro atoms. The first-order valence-electron chi connectivity index (χ1n) is 12.7. The van der Waals surface area contributed by atoms with Crippen LogP contribution in [0.1, 0.15) is 67.1 Å². The number of phenols is 1. The maximum absolute atomic E-state index is 16.2. The first-order chi connectivity index (χ1) is 17.9. The van der Waals surface area contributed by atoms with Crippen LogP contribution < -0.4 is 0 Å². The summed E-state index contributed by atoms with van der Waals surface area (Å²) in [5, 5.41) is 40.4. The van der Waals surface area contributed by atoms with E-state index < -0.39 is 34.6 Å². The number of ether oxygens (including phenoxy) is 1. The fourth-order valence-electron chi connectivity index (χ4n) is 5.23. The molecule has 1 fully saturated rings. The SMILES string of the molecule is CC1=CC(O)CC=C1CN1C(=O)c2cc(C(C)(C)O)cc(F)c2C1(OCC1(C#N)CC1)c1ccc(O)cc1. The topological polar surface area (TPSA) is 114 Å². The average molecular weight is 519 g/mol. The Kier molecular flexibility index (Phi) is 6.22. The van der Waals surface area contributed by atoms with E-state index in [1.807, 2.05) is 13.0 Å². The number of carbonyl (C=O) groups is 1. The summed E-state index contributed by atoms with van der Waals surface area (Å²) in [4.78, 5) is 15.6. The summed E-state index contributed by atoms with van der Waals surface area (Å²) in [5.74, 6) is -1.21. The Morgan fingerprint density at radius 1 is 1.24 bits per heavy atom. The predicted molar refractivity (Wildman–Crippen MR) is 137 cm³/mol. The van der Waals surface area contributed by atoms with E-state index in [0.29, 0.717) is 24.8 Å². The molecule has 0 saturated heterocycles. The number of aromatic hydroxyl groups is 1. The number of nitriles is 1. The Morgan fingerprint density at radius 3 is 2.50 bits per heavy atom. The number of rotatable bonds is 7. The van der Waals surface area contributed by atoms with Crippen molar-refractivity contribution in [1.82, 2.24) is 4.90 Å². The maximum atomic E-state index is 16.2. The number of benzene rings is 2. The standard InChI is InChI=1S/C30H31FN2O5/c1-18-12-23(35)7-4-19(18)15-33-27(36)24-13-21(28(2,3)37)14-25(31)26(24)30(33,20-5-8-22(34)9-6-20)38-17-29(16-32)10-11-29/h4-6,8-9,12-14,23,34-35,37H,7,10-11,15,17H2,1-3H3. The van der Waals surface area contributed by atoms with Crippen LogP contribution in [0.3, 0.4) is 0 Å². The van der Waals surface area contributed by atoms with Crippen molar-refractivity contribution in [2.45, 2.75) is 57.5 Å². The number of aliphatic hydroxyl groups is 2. The largest absolute Gasteiger partial charge is 0.508 e. The van der Waals surface area contributed by atoms with Gasteiger partial charge >= 0.3 is 0 Å². The Hall–Kier alpha value is -3.51. The lowest BCUT2D eigenvalue weighted by Crippen LogP contribution is -2.49. The zero-order chi connectivity index (χ0) is 27.5. The van der Waals surface area contributed by atoms with Gasteiger partial charge in [0.1, 0.15) is 11.6 Å². The van der Waals surface area contributed by atoms with Crippen LogP contribution in [0.5, 0.6) is 5.75 Å². The molecular formula is C30H31FN2O5. The van der Waals surface area contributed by atoms with E-state index in [0.717, 1.165) is 11.1 Å². The highest BCUT2D eigenvalue weighted by atomic mass is 19.1. The van der Waals surface area contributed by atoms with Crippen LogP contribution in [0.4, 0.5) is 4.39 Å². The van der Waals surface area contributed by atoms with Gasteiger partial charge in [-0.25, -0.2) is 4.39 Å². The molecule has 198 valence electrons. The van der Waals surface area contributed by atoms with E-state index in [2.05, 4.69) is 6.07 Å². The number of hydrogen-bond donors (Lipinski definition) is 3. The summed E-state index contributed by atoms with van der Waals surface area (Å²) in [6, 6.07) is 11.1. The van der Waals surface area contributed by atoms with E-state index in [1.165, 1.54) is 43.0 Å². The van der Waals surface area contributed by atoms with Gasteiger partial charge in [0.05, 0.1) is 40.9 Å². The van der Waals surface area contributed by atoms with Gasteiger partial charge in [0.2, 0.25) is 0 Å². The van der Waals surface area contributed by atoms with Crippen LogP contribution in [0, 0.1) is 22.6 Å². The van der Waals surface area contributed by atoms with Crippen molar-refractivity contribution in [3.8, 4) is 11.8 Å². The Balaban J connectivity index is 1.74. The molecule has 3 aliphatic rings. The fourth-order valence-corrected chi connectivity index (χ4v) is 5.23. The third-order valence-corrected chi connectivity index (χ3v) is 7.78. The molecule has 2 unspecified atom stereocenters. The van der Waals surface area contributed by atoms with Crippen molar-refractivity contribution in [3.05, 3.63) is 87.8 Å². The van der Waals surface area contributed by atoms with Crippen LogP contribution in [-0.4, -0.2) is 45.4 Å². The number of fused-ring (bicyclic) bond motifs is 1.